The Bertz CT molecular complexity index is 396. The molecular weight excluding hydrogens is 248 g/mol. The van der Waals surface area contributed by atoms with Gasteiger partial charge in [0.1, 0.15) is 11.6 Å². The number of nitrogens with zero attached hydrogens (tertiary/aromatic N) is 2. The molecule has 0 bridgehead atoms. The van der Waals surface area contributed by atoms with Crippen molar-refractivity contribution in [3.63, 3.8) is 0 Å². The maximum Gasteiger partial charge on any atom is 0.191 e. The van der Waals surface area contributed by atoms with Crippen molar-refractivity contribution >= 4 is 23.4 Å². The zero-order chi connectivity index (χ0) is 13.0. The van der Waals surface area contributed by atoms with Crippen molar-refractivity contribution in [2.24, 2.45) is 0 Å². The first kappa shape index (κ1) is 13.4. The lowest BCUT2D eigenvalue weighted by atomic mass is 9.89. The van der Waals surface area contributed by atoms with Gasteiger partial charge in [-0.15, -0.1) is 0 Å². The lowest BCUT2D eigenvalue weighted by molar-refractivity contribution is 0.0835. The second-order valence-electron chi connectivity index (χ2n) is 4.52. The van der Waals surface area contributed by atoms with Gasteiger partial charge >= 0.3 is 0 Å². The number of anilines is 2. The van der Waals surface area contributed by atoms with E-state index >= 15 is 0 Å². The molecule has 0 amide bonds. The van der Waals surface area contributed by atoms with Crippen LogP contribution in [0, 0.1) is 0 Å². The zero-order valence-corrected chi connectivity index (χ0v) is 11.6. The predicted molar refractivity (Wildman–Crippen MR) is 75.2 cm³/mol. The first-order valence-corrected chi connectivity index (χ1v) is 7.55. The van der Waals surface area contributed by atoms with E-state index in [1.807, 2.05) is 12.3 Å². The van der Waals surface area contributed by atoms with Gasteiger partial charge in [0.05, 0.1) is 6.10 Å². The number of aliphatic hydroxyl groups excluding tert-OH is 1. The van der Waals surface area contributed by atoms with Gasteiger partial charge in [0.15, 0.2) is 5.16 Å². The first-order valence-electron chi connectivity index (χ1n) is 6.32. The zero-order valence-electron chi connectivity index (χ0n) is 10.8. The number of nitrogens with one attached hydrogen (secondary N) is 2. The summed E-state index contributed by atoms with van der Waals surface area (Å²) in [6.45, 7) is 3.03. The van der Waals surface area contributed by atoms with E-state index in [4.69, 9.17) is 0 Å². The monoisotopic (exact) mass is 268 g/mol. The fourth-order valence-corrected chi connectivity index (χ4v) is 2.23. The van der Waals surface area contributed by atoms with E-state index in [9.17, 15) is 5.11 Å². The van der Waals surface area contributed by atoms with Crippen LogP contribution in [0.2, 0.25) is 0 Å². The molecule has 5 nitrogen and oxygen atoms in total. The summed E-state index contributed by atoms with van der Waals surface area (Å²) in [7, 11) is 0. The Kier molecular flexibility index (Phi) is 4.66. The highest BCUT2D eigenvalue weighted by Gasteiger charge is 2.27. The second-order valence-corrected chi connectivity index (χ2v) is 5.29. The minimum Gasteiger partial charge on any atom is -0.393 e. The van der Waals surface area contributed by atoms with Crippen molar-refractivity contribution in [3.8, 4) is 0 Å². The highest BCUT2D eigenvalue weighted by molar-refractivity contribution is 7.98. The summed E-state index contributed by atoms with van der Waals surface area (Å²) < 4.78 is 0. The Morgan fingerprint density at radius 1 is 1.39 bits per heavy atom. The molecule has 1 fully saturated rings. The molecule has 1 aromatic heterocycles. The minimum atomic E-state index is -0.151. The lowest BCUT2D eigenvalue weighted by Gasteiger charge is -2.32. The van der Waals surface area contributed by atoms with Crippen molar-refractivity contribution in [1.29, 1.82) is 0 Å². The van der Waals surface area contributed by atoms with Crippen molar-refractivity contribution < 1.29 is 5.11 Å². The van der Waals surface area contributed by atoms with Crippen molar-refractivity contribution in [2.75, 3.05) is 23.4 Å². The Morgan fingerprint density at radius 2 is 2.11 bits per heavy atom. The van der Waals surface area contributed by atoms with Crippen LogP contribution in [0.4, 0.5) is 11.6 Å². The Hall–Kier alpha value is -1.01. The summed E-state index contributed by atoms with van der Waals surface area (Å²) >= 11 is 1.53. The average molecular weight is 268 g/mol. The maximum absolute atomic E-state index is 9.28. The molecule has 0 radical (unpaired) electrons. The molecule has 1 aliphatic carbocycles. The van der Waals surface area contributed by atoms with Gasteiger partial charge in [0, 0.05) is 18.7 Å². The van der Waals surface area contributed by atoms with E-state index in [0.29, 0.717) is 6.04 Å². The van der Waals surface area contributed by atoms with Crippen LogP contribution < -0.4 is 10.6 Å². The normalized spacial score (nSPS) is 22.4. The highest BCUT2D eigenvalue weighted by Crippen LogP contribution is 2.25. The van der Waals surface area contributed by atoms with Crippen LogP contribution in [-0.2, 0) is 0 Å². The van der Waals surface area contributed by atoms with E-state index < -0.39 is 0 Å². The quantitative estimate of drug-likeness (QED) is 0.541. The van der Waals surface area contributed by atoms with Crippen LogP contribution in [0.5, 0.6) is 0 Å². The number of thioether (sulfide) groups is 1. The Labute approximate surface area is 112 Å². The largest absolute Gasteiger partial charge is 0.393 e. The van der Waals surface area contributed by atoms with Gasteiger partial charge in [-0.05, 0) is 25.5 Å². The topological polar surface area (TPSA) is 70.1 Å². The number of hydrogen-bond acceptors (Lipinski definition) is 6. The fraction of sp³-hybridized carbons (Fsp3) is 0.667. The van der Waals surface area contributed by atoms with Gasteiger partial charge in [0.25, 0.3) is 0 Å². The molecule has 3 N–H and O–H groups in total. The molecule has 0 aliphatic heterocycles. The first-order chi connectivity index (χ1) is 8.71. The third kappa shape index (κ3) is 3.49. The SMILES string of the molecule is CCCNc1cc(NC2CC(O)C2)nc(SC)n1. The number of hydrogen-bond donors (Lipinski definition) is 3. The molecular formula is C12H20N4OS. The van der Waals surface area contributed by atoms with E-state index in [2.05, 4.69) is 27.5 Å². The van der Waals surface area contributed by atoms with Crippen LogP contribution >= 0.6 is 11.8 Å². The maximum atomic E-state index is 9.28. The number of aromatic nitrogens is 2. The molecule has 6 heteroatoms. The number of rotatable bonds is 6. The summed E-state index contributed by atoms with van der Waals surface area (Å²) in [5.74, 6) is 1.70. The summed E-state index contributed by atoms with van der Waals surface area (Å²) in [6, 6.07) is 2.27. The van der Waals surface area contributed by atoms with Gasteiger partial charge in [-0.3, -0.25) is 0 Å². The van der Waals surface area contributed by atoms with Gasteiger partial charge in [-0.1, -0.05) is 18.7 Å². The molecule has 100 valence electrons. The Morgan fingerprint density at radius 3 is 2.72 bits per heavy atom. The molecule has 0 saturated heterocycles. The van der Waals surface area contributed by atoms with Crippen LogP contribution in [0.3, 0.4) is 0 Å². The third-order valence-electron chi connectivity index (χ3n) is 2.91. The average Bonchev–Trinajstić information content (AvgIpc) is 2.34. The molecule has 2 rings (SSSR count). The van der Waals surface area contributed by atoms with Crippen LogP contribution in [0.1, 0.15) is 26.2 Å². The van der Waals surface area contributed by atoms with Crippen LogP contribution in [-0.4, -0.2) is 40.0 Å². The van der Waals surface area contributed by atoms with Crippen molar-refractivity contribution in [3.05, 3.63) is 6.07 Å². The lowest BCUT2D eigenvalue weighted by Crippen LogP contribution is -2.39. The summed E-state index contributed by atoms with van der Waals surface area (Å²) in [4.78, 5) is 8.83. The van der Waals surface area contributed by atoms with E-state index in [0.717, 1.165) is 42.6 Å². The molecule has 0 aromatic carbocycles. The van der Waals surface area contributed by atoms with E-state index in [1.54, 1.807) is 0 Å². The highest BCUT2D eigenvalue weighted by atomic mass is 32.2. The molecule has 0 atom stereocenters. The molecule has 1 aromatic rings. The second kappa shape index (κ2) is 6.24. The third-order valence-corrected chi connectivity index (χ3v) is 3.46. The van der Waals surface area contributed by atoms with Gasteiger partial charge in [-0.2, -0.15) is 0 Å². The molecule has 18 heavy (non-hydrogen) atoms. The van der Waals surface area contributed by atoms with Crippen molar-refractivity contribution in [2.45, 2.75) is 43.5 Å². The summed E-state index contributed by atoms with van der Waals surface area (Å²) in [6.07, 6.45) is 4.49. The van der Waals surface area contributed by atoms with Gasteiger partial charge in [0.2, 0.25) is 0 Å². The van der Waals surface area contributed by atoms with Crippen LogP contribution in [0.15, 0.2) is 11.2 Å². The predicted octanol–water partition coefficient (Wildman–Crippen LogP) is 1.96. The standard InChI is InChI=1S/C12H20N4OS/c1-3-4-13-10-7-11(16-12(15-10)18-2)14-8-5-9(17)6-8/h7-9,17H,3-6H2,1-2H3,(H2,13,14,15,16). The molecule has 1 heterocycles. The minimum absolute atomic E-state index is 0.151. The molecule has 0 unspecified atom stereocenters. The molecule has 1 aliphatic rings. The van der Waals surface area contributed by atoms with Crippen molar-refractivity contribution in [1.82, 2.24) is 9.97 Å². The Balaban J connectivity index is 2.03. The fourth-order valence-electron chi connectivity index (χ4n) is 1.85. The van der Waals surface area contributed by atoms with E-state index in [-0.39, 0.29) is 6.10 Å². The smallest absolute Gasteiger partial charge is 0.191 e. The van der Waals surface area contributed by atoms with E-state index in [1.165, 1.54) is 11.8 Å². The van der Waals surface area contributed by atoms with Gasteiger partial charge < -0.3 is 15.7 Å². The van der Waals surface area contributed by atoms with Crippen LogP contribution in [0.25, 0.3) is 0 Å². The van der Waals surface area contributed by atoms with Gasteiger partial charge in [-0.25, -0.2) is 9.97 Å². The summed E-state index contributed by atoms with van der Waals surface area (Å²) in [5.41, 5.74) is 0. The molecule has 1 saturated carbocycles. The molecule has 0 spiro atoms. The summed E-state index contributed by atoms with van der Waals surface area (Å²) in [5, 5.41) is 16.7. The number of aliphatic hydroxyl groups is 1.